The zero-order valence-corrected chi connectivity index (χ0v) is 7.94. The minimum absolute atomic E-state index is 0.126. The third kappa shape index (κ3) is 2.55. The lowest BCUT2D eigenvalue weighted by Crippen LogP contribution is -2.22. The first-order valence-electron chi connectivity index (χ1n) is 3.96. The van der Waals surface area contributed by atoms with E-state index in [0.29, 0.717) is 18.2 Å². The van der Waals surface area contributed by atoms with Crippen LogP contribution in [0.3, 0.4) is 0 Å². The van der Waals surface area contributed by atoms with Gasteiger partial charge in [-0.25, -0.2) is 4.39 Å². The van der Waals surface area contributed by atoms with Gasteiger partial charge in [0.15, 0.2) is 0 Å². The van der Waals surface area contributed by atoms with E-state index < -0.39 is 6.17 Å². The van der Waals surface area contributed by atoms with E-state index in [1.165, 1.54) is 0 Å². The first kappa shape index (κ1) is 9.17. The lowest BCUT2D eigenvalue weighted by atomic mass is 9.86. The highest BCUT2D eigenvalue weighted by atomic mass is 79.9. The largest absolute Gasteiger partial charge is 0.298 e. The monoisotopic (exact) mass is 222 g/mol. The standard InChI is InChI=1S/C8H12BrFO/c9-5-8(11)6-1-3-7(10)4-2-6/h6-7H,1-5H2. The van der Waals surface area contributed by atoms with Gasteiger partial charge in [-0.15, -0.1) is 0 Å². The van der Waals surface area contributed by atoms with Crippen molar-refractivity contribution in [2.45, 2.75) is 31.9 Å². The third-order valence-corrected chi connectivity index (χ3v) is 2.80. The first-order chi connectivity index (χ1) is 5.24. The number of carbonyl (C=O) groups is 1. The molecule has 1 rings (SSSR count). The summed E-state index contributed by atoms with van der Waals surface area (Å²) < 4.78 is 12.6. The van der Waals surface area contributed by atoms with Crippen LogP contribution >= 0.6 is 15.9 Å². The molecule has 0 amide bonds. The van der Waals surface area contributed by atoms with Crippen LogP contribution in [0, 0.1) is 5.92 Å². The summed E-state index contributed by atoms with van der Waals surface area (Å²) in [5, 5.41) is 0.425. The molecule has 0 aromatic carbocycles. The molecule has 0 aromatic heterocycles. The minimum atomic E-state index is -0.658. The van der Waals surface area contributed by atoms with Crippen LogP contribution in [0.5, 0.6) is 0 Å². The maximum absolute atomic E-state index is 12.6. The van der Waals surface area contributed by atoms with E-state index in [2.05, 4.69) is 15.9 Å². The van der Waals surface area contributed by atoms with Gasteiger partial charge in [0.25, 0.3) is 0 Å². The van der Waals surface area contributed by atoms with Crippen molar-refractivity contribution >= 4 is 21.7 Å². The highest BCUT2D eigenvalue weighted by Crippen LogP contribution is 2.26. The summed E-state index contributed by atoms with van der Waals surface area (Å²) in [7, 11) is 0. The van der Waals surface area contributed by atoms with Crippen LogP contribution in [-0.4, -0.2) is 17.3 Å². The molecule has 0 unspecified atom stereocenters. The summed E-state index contributed by atoms with van der Waals surface area (Å²) in [6.07, 6.45) is 1.97. The molecular formula is C8H12BrFO. The van der Waals surface area contributed by atoms with Gasteiger partial charge in [-0.2, -0.15) is 0 Å². The van der Waals surface area contributed by atoms with Crippen molar-refractivity contribution in [3.05, 3.63) is 0 Å². The first-order valence-corrected chi connectivity index (χ1v) is 5.09. The molecular weight excluding hydrogens is 211 g/mol. The van der Waals surface area contributed by atoms with Gasteiger partial charge in [-0.3, -0.25) is 4.79 Å². The Hall–Kier alpha value is 0.0800. The van der Waals surface area contributed by atoms with Gasteiger partial charge in [0, 0.05) is 5.92 Å². The maximum Gasteiger partial charge on any atom is 0.146 e. The van der Waals surface area contributed by atoms with E-state index in [0.717, 1.165) is 12.8 Å². The van der Waals surface area contributed by atoms with Crippen molar-refractivity contribution in [1.29, 1.82) is 0 Å². The SMILES string of the molecule is O=C(CBr)C1CCC(F)CC1. The predicted molar refractivity (Wildman–Crippen MR) is 45.7 cm³/mol. The Morgan fingerprint density at radius 1 is 1.36 bits per heavy atom. The van der Waals surface area contributed by atoms with Gasteiger partial charge >= 0.3 is 0 Å². The molecule has 0 aliphatic heterocycles. The molecule has 1 nitrogen and oxygen atoms in total. The fraction of sp³-hybridized carbons (Fsp3) is 0.875. The van der Waals surface area contributed by atoms with Crippen LogP contribution in [0.25, 0.3) is 0 Å². The van der Waals surface area contributed by atoms with Crippen LogP contribution in [0.15, 0.2) is 0 Å². The number of Topliss-reactive ketones (excluding diaryl/α,β-unsaturated/α-hetero) is 1. The highest BCUT2D eigenvalue weighted by Gasteiger charge is 2.24. The highest BCUT2D eigenvalue weighted by molar-refractivity contribution is 9.09. The van der Waals surface area contributed by atoms with Crippen LogP contribution < -0.4 is 0 Å². The molecule has 0 aromatic rings. The molecule has 1 fully saturated rings. The lowest BCUT2D eigenvalue weighted by Gasteiger charge is -2.22. The number of hydrogen-bond donors (Lipinski definition) is 0. The average Bonchev–Trinajstić information content (AvgIpc) is 2.05. The van der Waals surface area contributed by atoms with Crippen LogP contribution in [0.1, 0.15) is 25.7 Å². The third-order valence-electron chi connectivity index (χ3n) is 2.24. The Kier molecular flexibility index (Phi) is 3.49. The minimum Gasteiger partial charge on any atom is -0.298 e. The maximum atomic E-state index is 12.6. The van der Waals surface area contributed by atoms with Crippen LogP contribution in [-0.2, 0) is 4.79 Å². The fourth-order valence-electron chi connectivity index (χ4n) is 1.48. The van der Waals surface area contributed by atoms with Gasteiger partial charge in [0.1, 0.15) is 12.0 Å². The van der Waals surface area contributed by atoms with Crippen molar-refractivity contribution in [3.63, 3.8) is 0 Å². The molecule has 0 bridgehead atoms. The molecule has 64 valence electrons. The zero-order chi connectivity index (χ0) is 8.27. The Balaban J connectivity index is 2.33. The second kappa shape index (κ2) is 4.19. The van der Waals surface area contributed by atoms with E-state index in [4.69, 9.17) is 0 Å². The summed E-state index contributed by atoms with van der Waals surface area (Å²) in [6.45, 7) is 0. The smallest absolute Gasteiger partial charge is 0.146 e. The number of hydrogen-bond acceptors (Lipinski definition) is 1. The number of ketones is 1. The Bertz CT molecular complexity index is 141. The number of rotatable bonds is 2. The molecule has 1 saturated carbocycles. The second-order valence-electron chi connectivity index (χ2n) is 3.05. The van der Waals surface area contributed by atoms with Gasteiger partial charge < -0.3 is 0 Å². The van der Waals surface area contributed by atoms with E-state index in [1.807, 2.05) is 0 Å². The second-order valence-corrected chi connectivity index (χ2v) is 3.61. The van der Waals surface area contributed by atoms with Gasteiger partial charge in [0.05, 0.1) is 5.33 Å². The normalized spacial score (nSPS) is 31.8. The molecule has 0 heterocycles. The molecule has 3 heteroatoms. The summed E-state index contributed by atoms with van der Waals surface area (Å²) in [5.41, 5.74) is 0. The van der Waals surface area contributed by atoms with Crippen molar-refractivity contribution in [2.24, 2.45) is 5.92 Å². The Labute approximate surface area is 74.5 Å². The van der Waals surface area contributed by atoms with Gasteiger partial charge in [0.2, 0.25) is 0 Å². The molecule has 0 spiro atoms. The van der Waals surface area contributed by atoms with Crippen molar-refractivity contribution in [3.8, 4) is 0 Å². The van der Waals surface area contributed by atoms with Crippen LogP contribution in [0.4, 0.5) is 4.39 Å². The molecule has 1 aliphatic carbocycles. The van der Waals surface area contributed by atoms with Crippen molar-refractivity contribution in [2.75, 3.05) is 5.33 Å². The molecule has 0 saturated heterocycles. The molecule has 0 atom stereocenters. The van der Waals surface area contributed by atoms with E-state index >= 15 is 0 Å². The number of halogens is 2. The van der Waals surface area contributed by atoms with E-state index in [-0.39, 0.29) is 11.7 Å². The van der Waals surface area contributed by atoms with E-state index in [1.54, 1.807) is 0 Å². The van der Waals surface area contributed by atoms with Gasteiger partial charge in [-0.1, -0.05) is 15.9 Å². The Morgan fingerprint density at radius 3 is 2.36 bits per heavy atom. The summed E-state index contributed by atoms with van der Waals surface area (Å²) in [4.78, 5) is 11.1. The van der Waals surface area contributed by atoms with Crippen molar-refractivity contribution < 1.29 is 9.18 Å². The van der Waals surface area contributed by atoms with E-state index in [9.17, 15) is 9.18 Å². The summed E-state index contributed by atoms with van der Waals surface area (Å²) >= 11 is 3.12. The molecule has 0 N–H and O–H groups in total. The van der Waals surface area contributed by atoms with Gasteiger partial charge in [-0.05, 0) is 25.7 Å². The predicted octanol–water partition coefficient (Wildman–Crippen LogP) is 2.48. The lowest BCUT2D eigenvalue weighted by molar-refractivity contribution is -0.121. The Morgan fingerprint density at radius 2 is 1.91 bits per heavy atom. The topological polar surface area (TPSA) is 17.1 Å². The summed E-state index contributed by atoms with van der Waals surface area (Å²) in [6, 6.07) is 0. The number of carbonyl (C=O) groups excluding carboxylic acids is 1. The van der Waals surface area contributed by atoms with Crippen molar-refractivity contribution in [1.82, 2.24) is 0 Å². The number of alkyl halides is 2. The molecule has 1 aliphatic rings. The molecule has 0 radical (unpaired) electrons. The summed E-state index contributed by atoms with van der Waals surface area (Å²) in [5.74, 6) is 0.360. The molecule has 11 heavy (non-hydrogen) atoms. The fourth-order valence-corrected chi connectivity index (χ4v) is 1.94. The average molecular weight is 223 g/mol. The quantitative estimate of drug-likeness (QED) is 0.657. The van der Waals surface area contributed by atoms with Crippen LogP contribution in [0.2, 0.25) is 0 Å². The zero-order valence-electron chi connectivity index (χ0n) is 6.35.